The molecule has 0 saturated heterocycles. The van der Waals surface area contributed by atoms with Crippen LogP contribution in [0.1, 0.15) is 11.3 Å². The molecule has 2 rings (SSSR count). The summed E-state index contributed by atoms with van der Waals surface area (Å²) in [4.78, 5) is 4.17. The molecule has 1 aromatic carbocycles. The number of pyridine rings is 1. The van der Waals surface area contributed by atoms with E-state index in [0.29, 0.717) is 6.54 Å². The van der Waals surface area contributed by atoms with Gasteiger partial charge < -0.3 is 5.32 Å². The lowest BCUT2D eigenvalue weighted by atomic mass is 10.2. The zero-order chi connectivity index (χ0) is 12.3. The second-order valence-corrected chi connectivity index (χ2v) is 3.78. The Morgan fingerprint density at radius 1 is 1.18 bits per heavy atom. The summed E-state index contributed by atoms with van der Waals surface area (Å²) in [7, 11) is 0. The van der Waals surface area contributed by atoms with E-state index in [2.05, 4.69) is 10.3 Å². The third kappa shape index (κ3) is 2.78. The predicted octanol–water partition coefficient (Wildman–Crippen LogP) is 3.28. The van der Waals surface area contributed by atoms with Gasteiger partial charge in [-0.3, -0.25) is 4.98 Å². The van der Waals surface area contributed by atoms with E-state index < -0.39 is 11.6 Å². The Morgan fingerprint density at radius 2 is 2.00 bits per heavy atom. The van der Waals surface area contributed by atoms with Gasteiger partial charge in [0.05, 0.1) is 17.9 Å². The first-order chi connectivity index (χ1) is 8.16. The molecule has 1 N–H and O–H groups in total. The molecule has 0 saturated carbocycles. The van der Waals surface area contributed by atoms with Crippen molar-refractivity contribution in [1.82, 2.24) is 4.98 Å². The summed E-state index contributed by atoms with van der Waals surface area (Å²) >= 11 is 0. The van der Waals surface area contributed by atoms with E-state index >= 15 is 0 Å². The summed E-state index contributed by atoms with van der Waals surface area (Å²) in [5.74, 6) is -1.72. The number of benzene rings is 1. The molecule has 0 amide bonds. The largest absolute Gasteiger partial charge is 0.377 e. The molecule has 0 aliphatic heterocycles. The fourth-order valence-electron chi connectivity index (χ4n) is 1.43. The maximum absolute atomic E-state index is 13.3. The molecule has 4 heteroatoms. The number of aromatic nitrogens is 1. The minimum absolute atomic E-state index is 0.146. The van der Waals surface area contributed by atoms with Gasteiger partial charge >= 0.3 is 0 Å². The third-order valence-corrected chi connectivity index (χ3v) is 2.38. The number of nitrogens with zero attached hydrogens (tertiary/aromatic N) is 1. The van der Waals surface area contributed by atoms with Crippen LogP contribution in [0, 0.1) is 18.6 Å². The van der Waals surface area contributed by atoms with Crippen LogP contribution in [0.3, 0.4) is 0 Å². The molecule has 2 nitrogen and oxygen atoms in total. The lowest BCUT2D eigenvalue weighted by Gasteiger charge is -2.07. The summed E-state index contributed by atoms with van der Waals surface area (Å²) in [6, 6.07) is 7.81. The number of anilines is 1. The summed E-state index contributed by atoms with van der Waals surface area (Å²) in [5, 5.41) is 2.81. The van der Waals surface area contributed by atoms with E-state index in [4.69, 9.17) is 0 Å². The SMILES string of the molecule is Cc1ccc(CNc2cccc(F)c2F)nc1. The Balaban J connectivity index is 2.07. The van der Waals surface area contributed by atoms with E-state index in [9.17, 15) is 8.78 Å². The molecular weight excluding hydrogens is 222 g/mol. The van der Waals surface area contributed by atoms with Crippen LogP contribution in [0.25, 0.3) is 0 Å². The standard InChI is InChI=1S/C13H12F2N2/c1-9-5-6-10(16-7-9)8-17-12-4-2-3-11(14)13(12)15/h2-7,17H,8H2,1H3. The molecule has 0 spiro atoms. The van der Waals surface area contributed by atoms with Crippen LogP contribution >= 0.6 is 0 Å². The van der Waals surface area contributed by atoms with Crippen LogP contribution in [-0.4, -0.2) is 4.98 Å². The van der Waals surface area contributed by atoms with Crippen molar-refractivity contribution in [1.29, 1.82) is 0 Å². The molecule has 0 unspecified atom stereocenters. The van der Waals surface area contributed by atoms with Gasteiger partial charge in [-0.2, -0.15) is 0 Å². The van der Waals surface area contributed by atoms with Crippen molar-refractivity contribution in [3.63, 3.8) is 0 Å². The molecule has 2 aromatic rings. The molecule has 17 heavy (non-hydrogen) atoms. The zero-order valence-electron chi connectivity index (χ0n) is 9.37. The quantitative estimate of drug-likeness (QED) is 0.881. The second-order valence-electron chi connectivity index (χ2n) is 3.78. The average Bonchev–Trinajstić information content (AvgIpc) is 2.33. The number of halogens is 2. The van der Waals surface area contributed by atoms with Crippen LogP contribution in [0.5, 0.6) is 0 Å². The van der Waals surface area contributed by atoms with E-state index in [1.54, 1.807) is 6.20 Å². The van der Waals surface area contributed by atoms with Crippen molar-refractivity contribution in [2.24, 2.45) is 0 Å². The lowest BCUT2D eigenvalue weighted by Crippen LogP contribution is -2.04. The van der Waals surface area contributed by atoms with E-state index in [1.165, 1.54) is 12.1 Å². The molecule has 0 fully saturated rings. The highest BCUT2D eigenvalue weighted by molar-refractivity contribution is 5.45. The van der Waals surface area contributed by atoms with Crippen LogP contribution in [-0.2, 0) is 6.54 Å². The van der Waals surface area contributed by atoms with E-state index in [1.807, 2.05) is 19.1 Å². The molecule has 1 aromatic heterocycles. The molecular formula is C13H12F2N2. The molecule has 0 atom stereocenters. The highest BCUT2D eigenvalue weighted by atomic mass is 19.2. The van der Waals surface area contributed by atoms with Gasteiger partial charge in [-0.15, -0.1) is 0 Å². The van der Waals surface area contributed by atoms with Crippen LogP contribution < -0.4 is 5.32 Å². The maximum atomic E-state index is 13.3. The smallest absolute Gasteiger partial charge is 0.181 e. The van der Waals surface area contributed by atoms with Crippen molar-refractivity contribution < 1.29 is 8.78 Å². The van der Waals surface area contributed by atoms with Gasteiger partial charge in [0.25, 0.3) is 0 Å². The fraction of sp³-hybridized carbons (Fsp3) is 0.154. The van der Waals surface area contributed by atoms with Gasteiger partial charge in [-0.25, -0.2) is 8.78 Å². The van der Waals surface area contributed by atoms with Gasteiger partial charge in [0.15, 0.2) is 11.6 Å². The second kappa shape index (κ2) is 4.91. The number of hydrogen-bond acceptors (Lipinski definition) is 2. The Hall–Kier alpha value is -1.97. The normalized spacial score (nSPS) is 10.3. The summed E-state index contributed by atoms with van der Waals surface area (Å²) in [6.07, 6.45) is 1.74. The first-order valence-electron chi connectivity index (χ1n) is 5.26. The number of hydrogen-bond donors (Lipinski definition) is 1. The molecule has 1 heterocycles. The monoisotopic (exact) mass is 234 g/mol. The summed E-state index contributed by atoms with van der Waals surface area (Å²) in [5.41, 5.74) is 1.98. The van der Waals surface area contributed by atoms with Crippen molar-refractivity contribution >= 4 is 5.69 Å². The Morgan fingerprint density at radius 3 is 2.71 bits per heavy atom. The molecule has 0 aliphatic rings. The van der Waals surface area contributed by atoms with Gasteiger partial charge in [0.2, 0.25) is 0 Å². The van der Waals surface area contributed by atoms with Gasteiger partial charge in [-0.1, -0.05) is 12.1 Å². The Kier molecular flexibility index (Phi) is 3.32. The topological polar surface area (TPSA) is 24.9 Å². The summed E-state index contributed by atoms with van der Waals surface area (Å²) < 4.78 is 26.2. The minimum Gasteiger partial charge on any atom is -0.377 e. The first-order valence-corrected chi connectivity index (χ1v) is 5.26. The molecule has 88 valence electrons. The van der Waals surface area contributed by atoms with Crippen molar-refractivity contribution in [2.45, 2.75) is 13.5 Å². The fourth-order valence-corrected chi connectivity index (χ4v) is 1.43. The van der Waals surface area contributed by atoms with E-state index in [-0.39, 0.29) is 5.69 Å². The van der Waals surface area contributed by atoms with Crippen LogP contribution in [0.15, 0.2) is 36.5 Å². The van der Waals surface area contributed by atoms with Crippen molar-refractivity contribution in [3.05, 3.63) is 59.4 Å². The summed E-state index contributed by atoms with van der Waals surface area (Å²) in [6.45, 7) is 2.30. The molecule has 0 bridgehead atoms. The molecule has 0 radical (unpaired) electrons. The molecule has 0 aliphatic carbocycles. The number of nitrogens with one attached hydrogen (secondary N) is 1. The highest BCUT2D eigenvalue weighted by Crippen LogP contribution is 2.17. The van der Waals surface area contributed by atoms with Crippen LogP contribution in [0.4, 0.5) is 14.5 Å². The first kappa shape index (κ1) is 11.5. The van der Waals surface area contributed by atoms with E-state index in [0.717, 1.165) is 17.3 Å². The highest BCUT2D eigenvalue weighted by Gasteiger charge is 2.06. The number of aryl methyl sites for hydroxylation is 1. The van der Waals surface area contributed by atoms with Crippen molar-refractivity contribution in [3.8, 4) is 0 Å². The van der Waals surface area contributed by atoms with Gasteiger partial charge in [0, 0.05) is 6.20 Å². The van der Waals surface area contributed by atoms with Crippen molar-refractivity contribution in [2.75, 3.05) is 5.32 Å². The Bertz CT molecular complexity index is 509. The average molecular weight is 234 g/mol. The predicted molar refractivity (Wildman–Crippen MR) is 62.7 cm³/mol. The maximum Gasteiger partial charge on any atom is 0.181 e. The Labute approximate surface area is 98.3 Å². The lowest BCUT2D eigenvalue weighted by molar-refractivity contribution is 0.511. The van der Waals surface area contributed by atoms with Gasteiger partial charge in [0.1, 0.15) is 0 Å². The van der Waals surface area contributed by atoms with Gasteiger partial charge in [-0.05, 0) is 30.7 Å². The zero-order valence-corrected chi connectivity index (χ0v) is 9.37. The van der Waals surface area contributed by atoms with Crippen LogP contribution in [0.2, 0.25) is 0 Å². The third-order valence-electron chi connectivity index (χ3n) is 2.38. The number of rotatable bonds is 3. The minimum atomic E-state index is -0.861.